The van der Waals surface area contributed by atoms with E-state index in [-0.39, 0.29) is 5.69 Å². The number of benzene rings is 1. The van der Waals surface area contributed by atoms with Gasteiger partial charge in [-0.3, -0.25) is 0 Å². The number of halogens is 3. The number of nitrogens with zero attached hydrogens (tertiary/aromatic N) is 2. The van der Waals surface area contributed by atoms with Crippen molar-refractivity contribution < 1.29 is 8.78 Å². The molecule has 4 nitrogen and oxygen atoms in total. The monoisotopic (exact) mass is 328 g/mol. The van der Waals surface area contributed by atoms with Crippen molar-refractivity contribution in [2.45, 2.75) is 6.92 Å². The minimum Gasteiger partial charge on any atom is -0.354 e. The van der Waals surface area contributed by atoms with Crippen molar-refractivity contribution in [3.63, 3.8) is 0 Å². The highest BCUT2D eigenvalue weighted by atomic mass is 79.9. The molecule has 2 aromatic rings. The Kier molecular flexibility index (Phi) is 4.26. The van der Waals surface area contributed by atoms with Crippen LogP contribution in [0.1, 0.15) is 6.92 Å². The van der Waals surface area contributed by atoms with E-state index in [1.54, 1.807) is 6.20 Å². The quantitative estimate of drug-likeness (QED) is 0.898. The van der Waals surface area contributed by atoms with E-state index in [1.807, 2.05) is 6.92 Å². The number of hydrogen-bond donors (Lipinski definition) is 2. The third kappa shape index (κ3) is 3.60. The Morgan fingerprint density at radius 3 is 2.53 bits per heavy atom. The third-order valence-corrected chi connectivity index (χ3v) is 2.78. The van der Waals surface area contributed by atoms with Crippen LogP contribution in [0, 0.1) is 11.6 Å². The Morgan fingerprint density at radius 2 is 1.89 bits per heavy atom. The second kappa shape index (κ2) is 5.92. The molecular weight excluding hydrogens is 318 g/mol. The smallest absolute Gasteiger partial charge is 0.224 e. The summed E-state index contributed by atoms with van der Waals surface area (Å²) < 4.78 is 26.8. The SMILES string of the molecule is CCNc1ncc(Br)c(Nc2cc(F)cc(F)c2)n1. The first-order valence-electron chi connectivity index (χ1n) is 5.58. The first kappa shape index (κ1) is 13.7. The predicted octanol–water partition coefficient (Wildman–Crippen LogP) is 3.69. The maximum absolute atomic E-state index is 13.1. The molecule has 0 fully saturated rings. The molecule has 0 unspecified atom stereocenters. The lowest BCUT2D eigenvalue weighted by Crippen LogP contribution is -2.04. The van der Waals surface area contributed by atoms with E-state index in [4.69, 9.17) is 0 Å². The topological polar surface area (TPSA) is 49.8 Å². The molecule has 0 atom stereocenters. The summed E-state index contributed by atoms with van der Waals surface area (Å²) >= 11 is 3.27. The molecule has 7 heteroatoms. The molecule has 1 aromatic carbocycles. The van der Waals surface area contributed by atoms with Gasteiger partial charge in [-0.05, 0) is 35.0 Å². The van der Waals surface area contributed by atoms with Gasteiger partial charge in [0.1, 0.15) is 17.5 Å². The van der Waals surface area contributed by atoms with Crippen LogP contribution < -0.4 is 10.6 Å². The van der Waals surface area contributed by atoms with Gasteiger partial charge in [0.25, 0.3) is 0 Å². The zero-order chi connectivity index (χ0) is 13.8. The second-order valence-corrected chi connectivity index (χ2v) is 4.56. The zero-order valence-electron chi connectivity index (χ0n) is 10.0. The Labute approximate surface area is 117 Å². The van der Waals surface area contributed by atoms with E-state index >= 15 is 0 Å². The molecular formula is C12H11BrF2N4. The molecule has 19 heavy (non-hydrogen) atoms. The molecule has 1 heterocycles. The molecule has 0 amide bonds. The molecule has 100 valence electrons. The molecule has 0 radical (unpaired) electrons. The van der Waals surface area contributed by atoms with Crippen LogP contribution in [0.15, 0.2) is 28.9 Å². The second-order valence-electron chi connectivity index (χ2n) is 3.70. The van der Waals surface area contributed by atoms with Gasteiger partial charge in [-0.15, -0.1) is 0 Å². The number of nitrogens with one attached hydrogen (secondary N) is 2. The maximum Gasteiger partial charge on any atom is 0.224 e. The third-order valence-electron chi connectivity index (χ3n) is 2.20. The molecule has 2 rings (SSSR count). The summed E-state index contributed by atoms with van der Waals surface area (Å²) in [5.74, 6) is -0.444. The highest BCUT2D eigenvalue weighted by Crippen LogP contribution is 2.25. The molecule has 1 aromatic heterocycles. The molecule has 0 aliphatic heterocycles. The van der Waals surface area contributed by atoms with Crippen LogP contribution in [0.2, 0.25) is 0 Å². The van der Waals surface area contributed by atoms with Gasteiger partial charge < -0.3 is 10.6 Å². The maximum atomic E-state index is 13.1. The van der Waals surface area contributed by atoms with Gasteiger partial charge in [-0.2, -0.15) is 4.98 Å². The standard InChI is InChI=1S/C12H11BrF2N4/c1-2-16-12-17-6-10(13)11(19-12)18-9-4-7(14)3-8(15)5-9/h3-6H,2H2,1H3,(H2,16,17,18,19). The van der Waals surface area contributed by atoms with Crippen LogP contribution in [0.25, 0.3) is 0 Å². The number of hydrogen-bond acceptors (Lipinski definition) is 4. The molecule has 0 spiro atoms. The van der Waals surface area contributed by atoms with Crippen molar-refractivity contribution in [3.8, 4) is 0 Å². The summed E-state index contributed by atoms with van der Waals surface area (Å²) in [7, 11) is 0. The summed E-state index contributed by atoms with van der Waals surface area (Å²) in [5, 5.41) is 5.79. The highest BCUT2D eigenvalue weighted by Gasteiger charge is 2.07. The molecule has 0 aliphatic carbocycles. The minimum absolute atomic E-state index is 0.277. The van der Waals surface area contributed by atoms with Crippen molar-refractivity contribution in [1.29, 1.82) is 0 Å². The van der Waals surface area contributed by atoms with E-state index in [0.29, 0.717) is 22.8 Å². The van der Waals surface area contributed by atoms with Gasteiger partial charge in [0.2, 0.25) is 5.95 Å². The Balaban J connectivity index is 2.28. The molecule has 0 saturated heterocycles. The normalized spacial score (nSPS) is 10.3. The lowest BCUT2D eigenvalue weighted by atomic mass is 10.3. The van der Waals surface area contributed by atoms with Gasteiger partial charge in [0.15, 0.2) is 0 Å². The van der Waals surface area contributed by atoms with Crippen LogP contribution >= 0.6 is 15.9 Å². The van der Waals surface area contributed by atoms with Crippen LogP contribution in [0.4, 0.5) is 26.2 Å². The van der Waals surface area contributed by atoms with E-state index in [0.717, 1.165) is 6.07 Å². The first-order valence-corrected chi connectivity index (χ1v) is 6.37. The van der Waals surface area contributed by atoms with E-state index < -0.39 is 11.6 Å². The summed E-state index contributed by atoms with van der Waals surface area (Å²) in [5.41, 5.74) is 0.277. The predicted molar refractivity (Wildman–Crippen MR) is 73.5 cm³/mol. The lowest BCUT2D eigenvalue weighted by Gasteiger charge is -2.09. The van der Waals surface area contributed by atoms with Gasteiger partial charge in [-0.25, -0.2) is 13.8 Å². The average molecular weight is 329 g/mol. The average Bonchev–Trinajstić information content (AvgIpc) is 2.32. The number of anilines is 3. The molecule has 0 saturated carbocycles. The van der Waals surface area contributed by atoms with Crippen LogP contribution in [0.3, 0.4) is 0 Å². The van der Waals surface area contributed by atoms with Crippen LogP contribution in [-0.4, -0.2) is 16.5 Å². The first-order chi connectivity index (χ1) is 9.08. The fraction of sp³-hybridized carbons (Fsp3) is 0.167. The minimum atomic E-state index is -0.653. The summed E-state index contributed by atoms with van der Waals surface area (Å²) in [6.45, 7) is 2.59. The Hall–Kier alpha value is -1.76. The molecule has 2 N–H and O–H groups in total. The zero-order valence-corrected chi connectivity index (χ0v) is 11.6. The van der Waals surface area contributed by atoms with Crippen LogP contribution in [-0.2, 0) is 0 Å². The number of rotatable bonds is 4. The van der Waals surface area contributed by atoms with Crippen molar-refractivity contribution in [2.75, 3.05) is 17.2 Å². The van der Waals surface area contributed by atoms with Crippen molar-refractivity contribution >= 4 is 33.4 Å². The Morgan fingerprint density at radius 1 is 1.21 bits per heavy atom. The Bertz CT molecular complexity index is 572. The van der Waals surface area contributed by atoms with Crippen molar-refractivity contribution in [1.82, 2.24) is 9.97 Å². The number of aromatic nitrogens is 2. The van der Waals surface area contributed by atoms with Gasteiger partial charge in [-0.1, -0.05) is 0 Å². The van der Waals surface area contributed by atoms with E-state index in [2.05, 4.69) is 36.5 Å². The van der Waals surface area contributed by atoms with Gasteiger partial charge >= 0.3 is 0 Å². The van der Waals surface area contributed by atoms with Gasteiger partial charge in [0, 0.05) is 24.5 Å². The van der Waals surface area contributed by atoms with Crippen molar-refractivity contribution in [2.24, 2.45) is 0 Å². The van der Waals surface area contributed by atoms with E-state index in [9.17, 15) is 8.78 Å². The summed E-state index contributed by atoms with van der Waals surface area (Å²) in [4.78, 5) is 8.24. The van der Waals surface area contributed by atoms with Crippen molar-refractivity contribution in [3.05, 3.63) is 40.5 Å². The summed E-state index contributed by atoms with van der Waals surface area (Å²) in [6, 6.07) is 3.18. The fourth-order valence-electron chi connectivity index (χ4n) is 1.46. The lowest BCUT2D eigenvalue weighted by molar-refractivity contribution is 0.584. The largest absolute Gasteiger partial charge is 0.354 e. The highest BCUT2D eigenvalue weighted by molar-refractivity contribution is 9.10. The van der Waals surface area contributed by atoms with E-state index in [1.165, 1.54) is 12.1 Å². The fourth-order valence-corrected chi connectivity index (χ4v) is 1.75. The van der Waals surface area contributed by atoms with Gasteiger partial charge in [0.05, 0.1) is 4.47 Å². The van der Waals surface area contributed by atoms with Crippen LogP contribution in [0.5, 0.6) is 0 Å². The summed E-state index contributed by atoms with van der Waals surface area (Å²) in [6.07, 6.45) is 1.56. The molecule has 0 bridgehead atoms. The molecule has 0 aliphatic rings.